The summed E-state index contributed by atoms with van der Waals surface area (Å²) in [6.07, 6.45) is 0.878. The molecular weight excluding hydrogens is 368 g/mol. The van der Waals surface area contributed by atoms with Gasteiger partial charge in [0, 0.05) is 15.7 Å². The van der Waals surface area contributed by atoms with Gasteiger partial charge in [-0.1, -0.05) is 54.1 Å². The van der Waals surface area contributed by atoms with Crippen LogP contribution in [0.25, 0.3) is 0 Å². The fraction of sp³-hybridized carbons (Fsp3) is 0.300. The molecule has 3 rings (SSSR count). The van der Waals surface area contributed by atoms with Crippen LogP contribution in [0, 0.1) is 10.1 Å². The second-order valence-corrected chi connectivity index (χ2v) is 6.90. The van der Waals surface area contributed by atoms with Gasteiger partial charge in [-0.05, 0) is 36.1 Å². The number of esters is 1. The number of hydrogen-bond acceptors (Lipinski definition) is 5. The van der Waals surface area contributed by atoms with E-state index in [9.17, 15) is 14.9 Å². The van der Waals surface area contributed by atoms with Crippen LogP contribution in [-0.4, -0.2) is 35.8 Å². The van der Waals surface area contributed by atoms with Crippen LogP contribution in [0.3, 0.4) is 0 Å². The van der Waals surface area contributed by atoms with Crippen LogP contribution in [0.5, 0.6) is 0 Å². The standard InChI is InChI=1S/C20H19ClN2O4/c1-27-19(24)20(17(13-23(25)26)14-5-3-2-4-6-14)12-11-18(22-20)15-7-9-16(21)10-8-15/h2-10,17H,11-13H2,1H3/t17-,20+/m0/s1. The highest BCUT2D eigenvalue weighted by Gasteiger charge is 2.52. The zero-order valence-electron chi connectivity index (χ0n) is 14.8. The second kappa shape index (κ2) is 7.88. The molecule has 0 amide bonds. The number of rotatable bonds is 6. The van der Waals surface area contributed by atoms with E-state index in [4.69, 9.17) is 21.3 Å². The van der Waals surface area contributed by atoms with E-state index in [1.165, 1.54) is 7.11 Å². The fourth-order valence-corrected chi connectivity index (χ4v) is 3.72. The van der Waals surface area contributed by atoms with Gasteiger partial charge >= 0.3 is 5.97 Å². The third-order valence-corrected chi connectivity index (χ3v) is 5.16. The van der Waals surface area contributed by atoms with E-state index in [-0.39, 0.29) is 0 Å². The van der Waals surface area contributed by atoms with Crippen LogP contribution in [-0.2, 0) is 9.53 Å². The Balaban J connectivity index is 2.10. The van der Waals surface area contributed by atoms with E-state index in [0.29, 0.717) is 23.4 Å². The van der Waals surface area contributed by atoms with Crippen LogP contribution < -0.4 is 0 Å². The lowest BCUT2D eigenvalue weighted by atomic mass is 9.77. The van der Waals surface area contributed by atoms with Gasteiger partial charge in [-0.15, -0.1) is 0 Å². The molecule has 0 saturated heterocycles. The Labute approximate surface area is 162 Å². The zero-order valence-corrected chi connectivity index (χ0v) is 15.6. The molecule has 1 aliphatic heterocycles. The Hall–Kier alpha value is -2.73. The summed E-state index contributed by atoms with van der Waals surface area (Å²) in [5.74, 6) is -1.27. The number of aliphatic imine (C=N–C) groups is 1. The Morgan fingerprint density at radius 1 is 1.26 bits per heavy atom. The maximum atomic E-state index is 12.8. The molecule has 0 aromatic heterocycles. The third kappa shape index (κ3) is 3.85. The maximum absolute atomic E-state index is 12.8. The number of carbonyl (C=O) groups is 1. The summed E-state index contributed by atoms with van der Waals surface area (Å²) in [5.41, 5.74) is 0.943. The molecule has 0 aliphatic carbocycles. The molecule has 0 fully saturated rings. The summed E-state index contributed by atoms with van der Waals surface area (Å²) in [5, 5.41) is 12.0. The molecule has 0 unspecified atom stereocenters. The summed E-state index contributed by atoms with van der Waals surface area (Å²) >= 11 is 5.95. The maximum Gasteiger partial charge on any atom is 0.334 e. The van der Waals surface area contributed by atoms with Crippen molar-refractivity contribution in [3.63, 3.8) is 0 Å². The minimum Gasteiger partial charge on any atom is -0.467 e. The van der Waals surface area contributed by atoms with Gasteiger partial charge in [-0.2, -0.15) is 0 Å². The lowest BCUT2D eigenvalue weighted by Gasteiger charge is -2.30. The molecule has 0 saturated carbocycles. The summed E-state index contributed by atoms with van der Waals surface area (Å²) in [6.45, 7) is -0.406. The number of carbonyl (C=O) groups excluding carboxylic acids is 1. The highest BCUT2D eigenvalue weighted by molar-refractivity contribution is 6.30. The Morgan fingerprint density at radius 2 is 1.93 bits per heavy atom. The first kappa shape index (κ1) is 19.0. The van der Waals surface area contributed by atoms with E-state index in [1.54, 1.807) is 36.4 Å². The van der Waals surface area contributed by atoms with Crippen molar-refractivity contribution in [3.8, 4) is 0 Å². The van der Waals surface area contributed by atoms with Gasteiger partial charge in [0.15, 0.2) is 5.54 Å². The van der Waals surface area contributed by atoms with Crippen molar-refractivity contribution in [2.75, 3.05) is 13.7 Å². The van der Waals surface area contributed by atoms with Gasteiger partial charge in [-0.3, -0.25) is 15.1 Å². The van der Waals surface area contributed by atoms with Gasteiger partial charge in [0.05, 0.1) is 13.0 Å². The van der Waals surface area contributed by atoms with Crippen LogP contribution in [0.4, 0.5) is 0 Å². The van der Waals surface area contributed by atoms with Crippen molar-refractivity contribution in [1.29, 1.82) is 0 Å². The molecule has 2 atom stereocenters. The van der Waals surface area contributed by atoms with Crippen molar-refractivity contribution in [2.24, 2.45) is 4.99 Å². The molecular formula is C20H19ClN2O4. The Morgan fingerprint density at radius 3 is 2.52 bits per heavy atom. The normalized spacial score (nSPS) is 20.0. The van der Waals surface area contributed by atoms with E-state index in [0.717, 1.165) is 11.3 Å². The molecule has 0 radical (unpaired) electrons. The topological polar surface area (TPSA) is 81.8 Å². The highest BCUT2D eigenvalue weighted by Crippen LogP contribution is 2.42. The van der Waals surface area contributed by atoms with Crippen LogP contribution in [0.15, 0.2) is 59.6 Å². The first-order valence-electron chi connectivity index (χ1n) is 8.56. The van der Waals surface area contributed by atoms with E-state index < -0.39 is 28.9 Å². The van der Waals surface area contributed by atoms with Gasteiger partial charge in [0.2, 0.25) is 6.54 Å². The fourth-order valence-electron chi connectivity index (χ4n) is 3.60. The minimum absolute atomic E-state index is 0.352. The van der Waals surface area contributed by atoms with Crippen LogP contribution >= 0.6 is 11.6 Å². The number of methoxy groups -OCH3 is 1. The Bertz CT molecular complexity index is 867. The molecule has 1 heterocycles. The van der Waals surface area contributed by atoms with Crippen molar-refractivity contribution < 1.29 is 14.5 Å². The first-order chi connectivity index (χ1) is 13.0. The predicted molar refractivity (Wildman–Crippen MR) is 103 cm³/mol. The third-order valence-electron chi connectivity index (χ3n) is 4.90. The predicted octanol–water partition coefficient (Wildman–Crippen LogP) is 3.90. The molecule has 0 spiro atoms. The Kier molecular flexibility index (Phi) is 5.56. The average Bonchev–Trinajstić information content (AvgIpc) is 3.13. The first-order valence-corrected chi connectivity index (χ1v) is 8.94. The number of ether oxygens (including phenoxy) is 1. The number of nitro groups is 1. The minimum atomic E-state index is -1.32. The average molecular weight is 387 g/mol. The smallest absolute Gasteiger partial charge is 0.334 e. The number of benzene rings is 2. The van der Waals surface area contributed by atoms with Crippen molar-refractivity contribution in [1.82, 2.24) is 0 Å². The summed E-state index contributed by atoms with van der Waals surface area (Å²) < 4.78 is 5.04. The number of halogens is 1. The van der Waals surface area contributed by atoms with E-state index in [2.05, 4.69) is 0 Å². The number of hydrogen-bond donors (Lipinski definition) is 0. The molecule has 140 valence electrons. The summed E-state index contributed by atoms with van der Waals surface area (Å²) in [4.78, 5) is 28.5. The van der Waals surface area contributed by atoms with Crippen LogP contribution in [0.2, 0.25) is 5.02 Å². The molecule has 2 aromatic carbocycles. The molecule has 0 N–H and O–H groups in total. The van der Waals surface area contributed by atoms with Gasteiger partial charge in [0.25, 0.3) is 0 Å². The molecule has 6 nitrogen and oxygen atoms in total. The van der Waals surface area contributed by atoms with Crippen molar-refractivity contribution in [2.45, 2.75) is 24.3 Å². The molecule has 0 bridgehead atoms. The monoisotopic (exact) mass is 386 g/mol. The van der Waals surface area contributed by atoms with Gasteiger partial charge in [0.1, 0.15) is 0 Å². The van der Waals surface area contributed by atoms with E-state index in [1.807, 2.05) is 18.2 Å². The highest BCUT2D eigenvalue weighted by atomic mass is 35.5. The molecule has 1 aliphatic rings. The largest absolute Gasteiger partial charge is 0.467 e. The van der Waals surface area contributed by atoms with Crippen LogP contribution in [0.1, 0.15) is 29.9 Å². The summed E-state index contributed by atoms with van der Waals surface area (Å²) in [7, 11) is 1.29. The zero-order chi connectivity index (χ0) is 19.4. The lowest BCUT2D eigenvalue weighted by molar-refractivity contribution is -0.484. The molecule has 27 heavy (non-hydrogen) atoms. The molecule has 2 aromatic rings. The second-order valence-electron chi connectivity index (χ2n) is 6.46. The lowest BCUT2D eigenvalue weighted by Crippen LogP contribution is -2.44. The summed E-state index contributed by atoms with van der Waals surface area (Å²) in [6, 6.07) is 16.2. The van der Waals surface area contributed by atoms with Crippen molar-refractivity contribution >= 4 is 23.3 Å². The van der Waals surface area contributed by atoms with Crippen molar-refractivity contribution in [3.05, 3.63) is 80.9 Å². The van der Waals surface area contributed by atoms with E-state index >= 15 is 0 Å². The van der Waals surface area contributed by atoms with Gasteiger partial charge < -0.3 is 4.74 Å². The molecule has 7 heteroatoms. The SMILES string of the molecule is COC(=O)[C@]1([C@@H](C[N+](=O)[O-])c2ccccc2)CCC(c2ccc(Cl)cc2)=N1. The quantitative estimate of drug-likeness (QED) is 0.428. The van der Waals surface area contributed by atoms with Gasteiger partial charge in [-0.25, -0.2) is 4.79 Å². The number of nitrogens with zero attached hydrogens (tertiary/aromatic N) is 2.